The number of carbonyl (C=O) groups excluding carboxylic acids is 1. The van der Waals surface area contributed by atoms with Gasteiger partial charge in [-0.15, -0.1) is 0 Å². The zero-order valence-electron chi connectivity index (χ0n) is 20.8. The third-order valence-corrected chi connectivity index (χ3v) is 7.87. The van der Waals surface area contributed by atoms with Gasteiger partial charge >= 0.3 is 6.09 Å². The molecule has 1 amide bonds. The van der Waals surface area contributed by atoms with Crippen LogP contribution in [0.3, 0.4) is 0 Å². The van der Waals surface area contributed by atoms with Crippen molar-refractivity contribution in [1.29, 1.82) is 0 Å². The van der Waals surface area contributed by atoms with Crippen molar-refractivity contribution in [2.75, 3.05) is 41.3 Å². The van der Waals surface area contributed by atoms with Gasteiger partial charge in [-0.3, -0.25) is 10.3 Å². The van der Waals surface area contributed by atoms with Crippen molar-refractivity contribution in [3.05, 3.63) is 105 Å². The molecule has 0 bridgehead atoms. The summed E-state index contributed by atoms with van der Waals surface area (Å²) in [5, 5.41) is 4.88. The molecule has 0 aliphatic carbocycles. The van der Waals surface area contributed by atoms with E-state index in [9.17, 15) is 4.79 Å². The second kappa shape index (κ2) is 12.4. The molecule has 202 valence electrons. The predicted octanol–water partition coefficient (Wildman–Crippen LogP) is 7.23. The topological polar surface area (TPSA) is 64.5 Å². The minimum Gasteiger partial charge on any atom is -0.437 e. The Hall–Kier alpha value is -3.10. The second-order valence-electron chi connectivity index (χ2n) is 9.11. The number of hydrogen-bond donors (Lipinski definition) is 2. The second-order valence-corrected chi connectivity index (χ2v) is 10.8. The van der Waals surface area contributed by atoms with Gasteiger partial charge in [0.05, 0.1) is 10.0 Å². The van der Waals surface area contributed by atoms with Gasteiger partial charge in [0.15, 0.2) is 6.10 Å². The third kappa shape index (κ3) is 6.92. The van der Waals surface area contributed by atoms with Crippen LogP contribution in [0, 0.1) is 0 Å². The first-order valence-corrected chi connectivity index (χ1v) is 13.9. The van der Waals surface area contributed by atoms with Gasteiger partial charge in [0, 0.05) is 58.8 Å². The highest BCUT2D eigenvalue weighted by Gasteiger charge is 2.23. The Labute approximate surface area is 246 Å². The Balaban J connectivity index is 1.19. The van der Waals surface area contributed by atoms with Gasteiger partial charge in [-0.1, -0.05) is 52.5 Å². The molecular weight excluding hydrogens is 580 g/mol. The van der Waals surface area contributed by atoms with Gasteiger partial charge in [0.1, 0.15) is 18.9 Å². The van der Waals surface area contributed by atoms with E-state index in [0.717, 1.165) is 37.6 Å². The lowest BCUT2D eigenvalue weighted by atomic mass is 10.1. The van der Waals surface area contributed by atoms with Crippen molar-refractivity contribution >= 4 is 69.6 Å². The highest BCUT2D eigenvalue weighted by atomic mass is 35.5. The number of anilines is 3. The van der Waals surface area contributed by atoms with Crippen LogP contribution in [-0.2, 0) is 11.3 Å². The number of H-pyrrole nitrogens is 1. The van der Waals surface area contributed by atoms with Crippen LogP contribution in [0.2, 0.25) is 20.1 Å². The average molecular weight is 606 g/mol. The standard InChI is InChI=1S/C28H25Cl4N5O2/c29-19-1-7-23(25(31)15-19)27(17-35-10-9-33-18-35)39-28(38)34-20-2-4-21(5-3-20)36-11-13-37(14-12-36)22-6-8-24(30)26(32)16-22/h1-10,15-16,18,27H,11-14,17H2,(H,34,38)/p+1/t27-/m0/s1. The number of rotatable bonds is 7. The van der Waals surface area contributed by atoms with Gasteiger partial charge in [-0.2, -0.15) is 0 Å². The van der Waals surface area contributed by atoms with Crippen LogP contribution >= 0.6 is 46.4 Å². The maximum absolute atomic E-state index is 12.9. The van der Waals surface area contributed by atoms with E-state index in [1.165, 1.54) is 0 Å². The van der Waals surface area contributed by atoms with E-state index < -0.39 is 12.2 Å². The Morgan fingerprint density at radius 1 is 0.872 bits per heavy atom. The van der Waals surface area contributed by atoms with Crippen LogP contribution in [0.25, 0.3) is 0 Å². The van der Waals surface area contributed by atoms with E-state index >= 15 is 0 Å². The average Bonchev–Trinajstić information content (AvgIpc) is 3.44. The summed E-state index contributed by atoms with van der Waals surface area (Å²) >= 11 is 24.7. The van der Waals surface area contributed by atoms with Crippen LogP contribution in [0.1, 0.15) is 11.7 Å². The summed E-state index contributed by atoms with van der Waals surface area (Å²) in [5.74, 6) is 0. The fraction of sp³-hybridized carbons (Fsp3) is 0.214. The number of amides is 1. The number of benzene rings is 3. The van der Waals surface area contributed by atoms with E-state index in [-0.39, 0.29) is 0 Å². The van der Waals surface area contributed by atoms with Gasteiger partial charge in [0.25, 0.3) is 0 Å². The molecule has 1 atom stereocenters. The molecule has 39 heavy (non-hydrogen) atoms. The fourth-order valence-electron chi connectivity index (χ4n) is 4.52. The number of carbonyl (C=O) groups is 1. The molecule has 0 spiro atoms. The molecule has 1 saturated heterocycles. The normalized spacial score (nSPS) is 14.3. The Morgan fingerprint density at radius 2 is 1.56 bits per heavy atom. The summed E-state index contributed by atoms with van der Waals surface area (Å²) in [6, 6.07) is 18.6. The van der Waals surface area contributed by atoms with Crippen LogP contribution in [0.5, 0.6) is 0 Å². The zero-order chi connectivity index (χ0) is 27.4. The van der Waals surface area contributed by atoms with E-state index in [2.05, 4.69) is 20.1 Å². The van der Waals surface area contributed by atoms with Crippen LogP contribution in [0.4, 0.5) is 21.9 Å². The number of aromatic amines is 1. The molecule has 1 aromatic heterocycles. The summed E-state index contributed by atoms with van der Waals surface area (Å²) < 4.78 is 7.68. The number of imidazole rings is 1. The molecule has 0 saturated carbocycles. The van der Waals surface area contributed by atoms with E-state index in [1.807, 2.05) is 53.2 Å². The molecule has 1 aliphatic rings. The van der Waals surface area contributed by atoms with E-state index in [0.29, 0.717) is 37.9 Å². The van der Waals surface area contributed by atoms with Crippen molar-refractivity contribution in [2.24, 2.45) is 0 Å². The Morgan fingerprint density at radius 3 is 2.21 bits per heavy atom. The molecule has 0 radical (unpaired) electrons. The monoisotopic (exact) mass is 604 g/mol. The van der Waals surface area contributed by atoms with E-state index in [4.69, 9.17) is 51.1 Å². The van der Waals surface area contributed by atoms with Crippen molar-refractivity contribution in [3.63, 3.8) is 0 Å². The Kier molecular flexibility index (Phi) is 8.72. The molecule has 7 nitrogen and oxygen atoms in total. The van der Waals surface area contributed by atoms with Crippen LogP contribution in [-0.4, -0.2) is 37.3 Å². The fourth-order valence-corrected chi connectivity index (χ4v) is 5.35. The number of nitrogens with one attached hydrogen (secondary N) is 2. The number of ether oxygens (including phenoxy) is 1. The first kappa shape index (κ1) is 27.5. The summed E-state index contributed by atoms with van der Waals surface area (Å²) in [7, 11) is 0. The first-order valence-electron chi connectivity index (χ1n) is 12.3. The molecule has 5 rings (SSSR count). The van der Waals surface area contributed by atoms with Gasteiger partial charge in [-0.25, -0.2) is 9.36 Å². The Bertz CT molecular complexity index is 1420. The summed E-state index contributed by atoms with van der Waals surface area (Å²) in [6.45, 7) is 3.81. The highest BCUT2D eigenvalue weighted by Crippen LogP contribution is 2.30. The highest BCUT2D eigenvalue weighted by molar-refractivity contribution is 6.42. The quantitative estimate of drug-likeness (QED) is 0.218. The van der Waals surface area contributed by atoms with Crippen LogP contribution < -0.4 is 19.7 Å². The number of aromatic nitrogens is 2. The molecule has 1 fully saturated rings. The summed E-state index contributed by atoms with van der Waals surface area (Å²) in [6.07, 6.45) is 4.21. The summed E-state index contributed by atoms with van der Waals surface area (Å²) in [5.41, 5.74) is 3.45. The third-order valence-electron chi connectivity index (χ3n) is 6.56. The minimum atomic E-state index is -0.623. The number of nitrogens with zero attached hydrogens (tertiary/aromatic N) is 3. The van der Waals surface area contributed by atoms with Gasteiger partial charge in [0.2, 0.25) is 6.33 Å². The lowest BCUT2D eigenvalue weighted by molar-refractivity contribution is -0.703. The molecule has 0 unspecified atom stereocenters. The largest absolute Gasteiger partial charge is 0.437 e. The predicted molar refractivity (Wildman–Crippen MR) is 158 cm³/mol. The number of piperazine rings is 1. The minimum absolute atomic E-state index is 0.380. The maximum Gasteiger partial charge on any atom is 0.412 e. The van der Waals surface area contributed by atoms with Crippen molar-refractivity contribution in [2.45, 2.75) is 12.6 Å². The smallest absolute Gasteiger partial charge is 0.412 e. The number of hydrogen-bond acceptors (Lipinski definition) is 4. The zero-order valence-corrected chi connectivity index (χ0v) is 23.8. The van der Waals surface area contributed by atoms with Gasteiger partial charge < -0.3 is 14.5 Å². The molecule has 11 heteroatoms. The SMILES string of the molecule is O=C(Nc1ccc(N2CCN(c3ccc(Cl)c(Cl)c3)CC2)cc1)O[C@@H](C[n+]1cc[nH]c1)c1ccc(Cl)cc1Cl. The van der Waals surface area contributed by atoms with Crippen molar-refractivity contribution in [1.82, 2.24) is 4.98 Å². The molecule has 2 heterocycles. The van der Waals surface area contributed by atoms with Crippen molar-refractivity contribution in [3.8, 4) is 0 Å². The lowest BCUT2D eigenvalue weighted by Crippen LogP contribution is -2.46. The number of halogens is 4. The maximum atomic E-state index is 12.9. The molecular formula is C28H26Cl4N5O2+. The molecule has 4 aromatic rings. The lowest BCUT2D eigenvalue weighted by Gasteiger charge is -2.37. The molecule has 3 aromatic carbocycles. The molecule has 2 N–H and O–H groups in total. The van der Waals surface area contributed by atoms with Crippen molar-refractivity contribution < 1.29 is 14.1 Å². The van der Waals surface area contributed by atoms with Crippen LogP contribution in [0.15, 0.2) is 79.4 Å². The first-order chi connectivity index (χ1) is 18.9. The molecule has 1 aliphatic heterocycles. The van der Waals surface area contributed by atoms with Gasteiger partial charge in [-0.05, 0) is 54.6 Å². The summed E-state index contributed by atoms with van der Waals surface area (Å²) in [4.78, 5) is 20.4. The van der Waals surface area contributed by atoms with E-state index in [1.54, 1.807) is 30.7 Å².